The zero-order valence-electron chi connectivity index (χ0n) is 28.6. The first kappa shape index (κ1) is 37.1. The third-order valence-corrected chi connectivity index (χ3v) is 10.4. The van der Waals surface area contributed by atoms with Gasteiger partial charge in [-0.25, -0.2) is 22.0 Å². The van der Waals surface area contributed by atoms with E-state index in [2.05, 4.69) is 25.5 Å². The van der Waals surface area contributed by atoms with E-state index in [1.54, 1.807) is 6.07 Å². The van der Waals surface area contributed by atoms with Crippen LogP contribution >= 0.6 is 0 Å². The number of sulfonamides is 1. The van der Waals surface area contributed by atoms with E-state index in [9.17, 15) is 26.8 Å². The molecule has 5 rings (SSSR count). The summed E-state index contributed by atoms with van der Waals surface area (Å²) in [4.78, 5) is 30.7. The number of halogens is 2. The molecule has 272 valence electrons. The van der Waals surface area contributed by atoms with Crippen molar-refractivity contribution >= 4 is 39.2 Å². The van der Waals surface area contributed by atoms with Crippen molar-refractivity contribution in [2.24, 2.45) is 0 Å². The number of hydrogen-bond acceptors (Lipinski definition) is 11. The van der Waals surface area contributed by atoms with E-state index in [1.165, 1.54) is 7.11 Å². The lowest BCUT2D eigenvalue weighted by molar-refractivity contribution is 0.0904. The van der Waals surface area contributed by atoms with Gasteiger partial charge in [0.1, 0.15) is 18.2 Å². The number of benzene rings is 2. The van der Waals surface area contributed by atoms with Crippen LogP contribution in [0, 0.1) is 11.6 Å². The van der Waals surface area contributed by atoms with Gasteiger partial charge in [0, 0.05) is 89.0 Å². The molecule has 1 amide bonds. The van der Waals surface area contributed by atoms with Crippen LogP contribution in [-0.4, -0.2) is 120 Å². The van der Waals surface area contributed by atoms with Crippen LogP contribution in [0.1, 0.15) is 34.5 Å². The molecule has 17 heteroatoms. The molecule has 0 unspecified atom stereocenters. The lowest BCUT2D eigenvalue weighted by Gasteiger charge is -2.28. The summed E-state index contributed by atoms with van der Waals surface area (Å²) in [5.41, 5.74) is 2.37. The van der Waals surface area contributed by atoms with E-state index >= 15 is 0 Å². The lowest BCUT2D eigenvalue weighted by atomic mass is 10.1. The Labute approximate surface area is 290 Å². The summed E-state index contributed by atoms with van der Waals surface area (Å²) in [6.45, 7) is 2.37. The van der Waals surface area contributed by atoms with Gasteiger partial charge >= 0.3 is 6.09 Å². The zero-order valence-corrected chi connectivity index (χ0v) is 29.4. The summed E-state index contributed by atoms with van der Waals surface area (Å²) in [5, 5.41) is 10.7. The minimum Gasteiger partial charge on any atom is -0.445 e. The number of fused-ring (bicyclic) bond motifs is 1. The van der Waals surface area contributed by atoms with Crippen LogP contribution in [0.3, 0.4) is 0 Å². The van der Waals surface area contributed by atoms with Gasteiger partial charge in [0.2, 0.25) is 10.0 Å². The fourth-order valence-corrected chi connectivity index (χ4v) is 7.21. The summed E-state index contributed by atoms with van der Waals surface area (Å²) >= 11 is 0. The molecule has 2 N–H and O–H groups in total. The third kappa shape index (κ3) is 8.76. The Balaban J connectivity index is 1.48. The van der Waals surface area contributed by atoms with Crippen molar-refractivity contribution in [2.45, 2.75) is 36.7 Å². The van der Waals surface area contributed by atoms with Gasteiger partial charge in [-0.1, -0.05) is 0 Å². The number of nitrogens with zero attached hydrogens (tertiary/aromatic N) is 5. The Morgan fingerprint density at radius 1 is 1.04 bits per heavy atom. The second kappa shape index (κ2) is 16.2. The van der Waals surface area contributed by atoms with E-state index in [4.69, 9.17) is 14.2 Å². The highest BCUT2D eigenvalue weighted by atomic mass is 32.2. The standard InChI is InChI=1S/C33H43F2N7O7S/c1-39(2)11-12-40(3)25-5-6-27(29(20-25)36-24-8-13-48-14-9-24)32(43)37-31-28-21-41(50(45,46)26-18-22(34)17-23(35)19-26)10-7-30(28)42(38-31)33(44)49-16-15-47-4/h5-6,17-20,24,36H,7-16,21H2,1-4H3,(H,37,38,43). The van der Waals surface area contributed by atoms with Gasteiger partial charge in [0.25, 0.3) is 5.91 Å². The van der Waals surface area contributed by atoms with Gasteiger partial charge in [-0.15, -0.1) is 5.10 Å². The second-order valence-electron chi connectivity index (χ2n) is 12.4. The highest BCUT2D eigenvalue weighted by Gasteiger charge is 2.35. The lowest BCUT2D eigenvalue weighted by Crippen LogP contribution is -2.37. The smallest absolute Gasteiger partial charge is 0.435 e. The van der Waals surface area contributed by atoms with Gasteiger partial charge < -0.3 is 34.6 Å². The highest BCUT2D eigenvalue weighted by molar-refractivity contribution is 7.89. The number of ether oxygens (including phenoxy) is 3. The van der Waals surface area contributed by atoms with Crippen molar-refractivity contribution in [1.29, 1.82) is 0 Å². The van der Waals surface area contributed by atoms with Crippen molar-refractivity contribution in [1.82, 2.24) is 19.0 Å². The van der Waals surface area contributed by atoms with Crippen molar-refractivity contribution in [3.05, 3.63) is 64.9 Å². The van der Waals surface area contributed by atoms with E-state index in [0.29, 0.717) is 36.2 Å². The number of rotatable bonds is 13. The first-order valence-corrected chi connectivity index (χ1v) is 17.7. The van der Waals surface area contributed by atoms with Crippen LogP contribution in [0.2, 0.25) is 0 Å². The molecule has 1 saturated heterocycles. The molecule has 1 aromatic heterocycles. The number of carbonyl (C=O) groups excluding carboxylic acids is 2. The summed E-state index contributed by atoms with van der Waals surface area (Å²) in [6.07, 6.45) is 0.669. The van der Waals surface area contributed by atoms with Crippen LogP contribution in [0.25, 0.3) is 0 Å². The van der Waals surface area contributed by atoms with E-state index in [-0.39, 0.29) is 50.1 Å². The monoisotopic (exact) mass is 719 g/mol. The average Bonchev–Trinajstić information content (AvgIpc) is 3.44. The predicted molar refractivity (Wildman–Crippen MR) is 182 cm³/mol. The summed E-state index contributed by atoms with van der Waals surface area (Å²) in [5.74, 6) is -2.68. The van der Waals surface area contributed by atoms with E-state index < -0.39 is 38.6 Å². The van der Waals surface area contributed by atoms with Crippen molar-refractivity contribution in [2.75, 3.05) is 89.8 Å². The largest absolute Gasteiger partial charge is 0.445 e. The quantitative estimate of drug-likeness (QED) is 0.251. The number of nitrogens with one attached hydrogen (secondary N) is 2. The molecule has 2 aliphatic heterocycles. The maximum absolute atomic E-state index is 14.0. The molecule has 0 atom stereocenters. The SMILES string of the molecule is COCCOC(=O)n1nc(NC(=O)c2ccc(N(C)CCN(C)C)cc2NC2CCOCC2)c2c1CCN(S(=O)(=O)c1cc(F)cc(F)c1)C2. The number of anilines is 3. The number of hydrogen-bond donors (Lipinski definition) is 2. The van der Waals surface area contributed by atoms with Crippen molar-refractivity contribution in [3.8, 4) is 0 Å². The van der Waals surface area contributed by atoms with Crippen molar-refractivity contribution in [3.63, 3.8) is 0 Å². The van der Waals surface area contributed by atoms with Crippen LogP contribution in [0.15, 0.2) is 41.3 Å². The predicted octanol–water partition coefficient (Wildman–Crippen LogP) is 3.38. The molecule has 0 radical (unpaired) electrons. The first-order chi connectivity index (χ1) is 23.9. The van der Waals surface area contributed by atoms with Gasteiger partial charge in [0.05, 0.1) is 22.8 Å². The van der Waals surface area contributed by atoms with Gasteiger partial charge in [-0.2, -0.15) is 8.99 Å². The minimum atomic E-state index is -4.38. The molecule has 50 heavy (non-hydrogen) atoms. The molecule has 0 spiro atoms. The minimum absolute atomic E-state index is 0.000847. The molecule has 0 saturated carbocycles. The molecular weight excluding hydrogens is 676 g/mol. The average molecular weight is 720 g/mol. The molecule has 3 heterocycles. The molecule has 1 fully saturated rings. The first-order valence-electron chi connectivity index (χ1n) is 16.3. The number of likely N-dealkylation sites (N-methyl/N-ethyl adjacent to an activating group) is 2. The normalized spacial score (nSPS) is 15.5. The molecule has 3 aromatic rings. The highest BCUT2D eigenvalue weighted by Crippen LogP contribution is 2.32. The number of aromatic nitrogens is 2. The Morgan fingerprint density at radius 2 is 1.76 bits per heavy atom. The fraction of sp³-hybridized carbons (Fsp3) is 0.485. The topological polar surface area (TPSA) is 148 Å². The third-order valence-electron chi connectivity index (χ3n) is 8.57. The maximum atomic E-state index is 14.0. The molecule has 14 nitrogen and oxygen atoms in total. The molecule has 0 bridgehead atoms. The Bertz CT molecular complexity index is 1780. The van der Waals surface area contributed by atoms with Crippen LogP contribution in [-0.2, 0) is 37.2 Å². The van der Waals surface area contributed by atoms with E-state index in [1.807, 2.05) is 33.3 Å². The van der Waals surface area contributed by atoms with Crippen LogP contribution in [0.5, 0.6) is 0 Å². The summed E-state index contributed by atoms with van der Waals surface area (Å²) < 4.78 is 72.9. The van der Waals surface area contributed by atoms with Crippen LogP contribution < -0.4 is 15.5 Å². The Hall–Kier alpha value is -4.16. The Morgan fingerprint density at radius 3 is 2.44 bits per heavy atom. The maximum Gasteiger partial charge on any atom is 0.435 e. The molecule has 0 aliphatic carbocycles. The number of carbonyl (C=O) groups is 2. The molecule has 2 aromatic carbocycles. The number of methoxy groups -OCH3 is 1. The van der Waals surface area contributed by atoms with Gasteiger partial charge in [0.15, 0.2) is 5.82 Å². The summed E-state index contributed by atoms with van der Waals surface area (Å²) in [7, 11) is 3.04. The van der Waals surface area contributed by atoms with Crippen molar-refractivity contribution < 1.29 is 41.0 Å². The van der Waals surface area contributed by atoms with E-state index in [0.717, 1.165) is 52.7 Å². The second-order valence-corrected chi connectivity index (χ2v) is 14.4. The molecule has 2 aliphatic rings. The molecular formula is C33H43F2N7O7S. The van der Waals surface area contributed by atoms with Gasteiger partial charge in [-0.05, 0) is 57.3 Å². The zero-order chi connectivity index (χ0) is 36.0. The fourth-order valence-electron chi connectivity index (χ4n) is 5.75. The van der Waals surface area contributed by atoms with Gasteiger partial charge in [-0.3, -0.25) is 4.79 Å². The van der Waals surface area contributed by atoms with Crippen LogP contribution in [0.4, 0.5) is 30.8 Å². The number of amides is 1. The Kier molecular flexibility index (Phi) is 12.1. The summed E-state index contributed by atoms with van der Waals surface area (Å²) in [6, 6.07) is 7.58.